The zero-order valence-electron chi connectivity index (χ0n) is 11.5. The van der Waals surface area contributed by atoms with Gasteiger partial charge in [-0.3, -0.25) is 0 Å². The average molecular weight is 405 g/mol. The van der Waals surface area contributed by atoms with Crippen LogP contribution in [0.15, 0.2) is 21.1 Å². The number of carbonyl (C=O) groups excluding carboxylic acids is 1. The van der Waals surface area contributed by atoms with Gasteiger partial charge < -0.3 is 10.1 Å². The Morgan fingerprint density at radius 2 is 1.85 bits per heavy atom. The Labute approximate surface area is 136 Å². The minimum atomic E-state index is -0.317. The number of esters is 1. The van der Waals surface area contributed by atoms with Crippen molar-refractivity contribution in [2.24, 2.45) is 0 Å². The first-order valence-corrected chi connectivity index (χ1v) is 8.54. The summed E-state index contributed by atoms with van der Waals surface area (Å²) < 4.78 is 6.62. The number of rotatable bonds is 3. The molecule has 0 atom stereocenters. The molecule has 1 aliphatic carbocycles. The van der Waals surface area contributed by atoms with Gasteiger partial charge in [0.1, 0.15) is 0 Å². The minimum Gasteiger partial charge on any atom is -0.465 e. The normalized spacial score (nSPS) is 16.6. The van der Waals surface area contributed by atoms with Crippen molar-refractivity contribution in [1.82, 2.24) is 0 Å². The number of anilines is 1. The van der Waals surface area contributed by atoms with Crippen LogP contribution in [0.4, 0.5) is 5.69 Å². The number of hydrogen-bond acceptors (Lipinski definition) is 3. The van der Waals surface area contributed by atoms with Crippen molar-refractivity contribution in [3.05, 3.63) is 26.6 Å². The van der Waals surface area contributed by atoms with Crippen LogP contribution >= 0.6 is 31.9 Å². The second-order valence-corrected chi connectivity index (χ2v) is 6.90. The van der Waals surface area contributed by atoms with Crippen LogP contribution in [0.2, 0.25) is 0 Å². The third kappa shape index (κ3) is 3.98. The maximum absolute atomic E-state index is 11.9. The van der Waals surface area contributed by atoms with Gasteiger partial charge in [-0.1, -0.05) is 41.6 Å². The number of carbonyl (C=O) groups is 1. The zero-order valence-corrected chi connectivity index (χ0v) is 14.7. The first-order valence-electron chi connectivity index (χ1n) is 6.95. The van der Waals surface area contributed by atoms with E-state index in [9.17, 15) is 4.79 Å². The molecule has 1 fully saturated rings. The number of halogens is 2. The molecule has 3 nitrogen and oxygen atoms in total. The summed E-state index contributed by atoms with van der Waals surface area (Å²) in [5.41, 5.74) is 1.41. The highest BCUT2D eigenvalue weighted by Crippen LogP contribution is 2.33. The van der Waals surface area contributed by atoms with Crippen LogP contribution < -0.4 is 5.32 Å². The highest BCUT2D eigenvalue weighted by atomic mass is 79.9. The van der Waals surface area contributed by atoms with E-state index < -0.39 is 0 Å². The van der Waals surface area contributed by atoms with E-state index >= 15 is 0 Å². The highest BCUT2D eigenvalue weighted by molar-refractivity contribution is 9.11. The van der Waals surface area contributed by atoms with Crippen LogP contribution in [0.1, 0.15) is 48.9 Å². The molecule has 20 heavy (non-hydrogen) atoms. The van der Waals surface area contributed by atoms with Crippen molar-refractivity contribution in [3.8, 4) is 0 Å². The number of hydrogen-bond donors (Lipinski definition) is 1. The van der Waals surface area contributed by atoms with Crippen molar-refractivity contribution in [2.75, 3.05) is 12.4 Å². The lowest BCUT2D eigenvalue weighted by molar-refractivity contribution is 0.0601. The molecule has 0 unspecified atom stereocenters. The number of ether oxygens (including phenoxy) is 1. The van der Waals surface area contributed by atoms with Gasteiger partial charge in [0.15, 0.2) is 0 Å². The molecule has 1 aliphatic rings. The first-order chi connectivity index (χ1) is 9.61. The fraction of sp³-hybridized carbons (Fsp3) is 0.533. The van der Waals surface area contributed by atoms with Crippen LogP contribution in [-0.4, -0.2) is 19.1 Å². The predicted octanol–water partition coefficient (Wildman–Crippen LogP) is 5.13. The lowest BCUT2D eigenvalue weighted by atomic mass is 10.1. The molecule has 1 aromatic rings. The molecule has 0 aromatic heterocycles. The molecule has 2 rings (SSSR count). The van der Waals surface area contributed by atoms with E-state index in [1.54, 1.807) is 6.07 Å². The van der Waals surface area contributed by atoms with Crippen LogP contribution in [-0.2, 0) is 4.74 Å². The first kappa shape index (κ1) is 15.8. The second kappa shape index (κ2) is 7.46. The quantitative estimate of drug-likeness (QED) is 0.560. The van der Waals surface area contributed by atoms with Crippen molar-refractivity contribution in [1.29, 1.82) is 0 Å². The van der Waals surface area contributed by atoms with Crippen LogP contribution in [0, 0.1) is 0 Å². The number of methoxy groups -OCH3 is 1. The fourth-order valence-corrected chi connectivity index (χ4v) is 3.96. The Balaban J connectivity index is 2.26. The molecule has 1 N–H and O–H groups in total. The molecule has 0 radical (unpaired) electrons. The lowest BCUT2D eigenvalue weighted by Gasteiger charge is -2.21. The second-order valence-electron chi connectivity index (χ2n) is 5.13. The van der Waals surface area contributed by atoms with Gasteiger partial charge in [0.2, 0.25) is 0 Å². The van der Waals surface area contributed by atoms with Crippen molar-refractivity contribution >= 4 is 43.5 Å². The van der Waals surface area contributed by atoms with E-state index in [-0.39, 0.29) is 5.97 Å². The van der Waals surface area contributed by atoms with E-state index in [0.29, 0.717) is 11.6 Å². The topological polar surface area (TPSA) is 38.3 Å². The Hall–Kier alpha value is -0.550. The highest BCUT2D eigenvalue weighted by Gasteiger charge is 2.20. The summed E-state index contributed by atoms with van der Waals surface area (Å²) in [4.78, 5) is 11.9. The summed E-state index contributed by atoms with van der Waals surface area (Å²) in [6, 6.07) is 4.18. The van der Waals surface area contributed by atoms with Gasteiger partial charge in [-0.25, -0.2) is 4.79 Å². The van der Waals surface area contributed by atoms with E-state index in [4.69, 9.17) is 4.74 Å². The predicted molar refractivity (Wildman–Crippen MR) is 88.3 cm³/mol. The molecule has 0 spiro atoms. The molecule has 0 saturated heterocycles. The Bertz CT molecular complexity index is 483. The van der Waals surface area contributed by atoms with E-state index in [2.05, 4.69) is 37.2 Å². The summed E-state index contributed by atoms with van der Waals surface area (Å²) in [5, 5.41) is 3.53. The van der Waals surface area contributed by atoms with Gasteiger partial charge >= 0.3 is 5.97 Å². The molecular formula is C15H19Br2NO2. The largest absolute Gasteiger partial charge is 0.465 e. The monoisotopic (exact) mass is 403 g/mol. The van der Waals surface area contributed by atoms with Gasteiger partial charge in [0, 0.05) is 15.0 Å². The van der Waals surface area contributed by atoms with Crippen LogP contribution in [0.25, 0.3) is 0 Å². The van der Waals surface area contributed by atoms with E-state index in [0.717, 1.165) is 27.5 Å². The Morgan fingerprint density at radius 1 is 1.20 bits per heavy atom. The van der Waals surface area contributed by atoms with E-state index in [1.807, 2.05) is 6.07 Å². The Kier molecular flexibility index (Phi) is 5.90. The zero-order chi connectivity index (χ0) is 14.5. The van der Waals surface area contributed by atoms with Gasteiger partial charge in [0.05, 0.1) is 18.4 Å². The molecule has 1 aromatic carbocycles. The smallest absolute Gasteiger partial charge is 0.340 e. The van der Waals surface area contributed by atoms with Gasteiger partial charge in [-0.15, -0.1) is 0 Å². The number of benzene rings is 1. The molecular weight excluding hydrogens is 386 g/mol. The SMILES string of the molecule is COC(=O)c1cc(Br)cc(Br)c1NC1CCCCCC1. The maximum atomic E-state index is 11.9. The summed E-state index contributed by atoms with van der Waals surface area (Å²) in [7, 11) is 1.41. The third-order valence-corrected chi connectivity index (χ3v) is 4.75. The van der Waals surface area contributed by atoms with Gasteiger partial charge in [0.25, 0.3) is 0 Å². The van der Waals surface area contributed by atoms with E-state index in [1.165, 1.54) is 32.8 Å². The molecule has 0 heterocycles. The fourth-order valence-electron chi connectivity index (χ4n) is 2.62. The van der Waals surface area contributed by atoms with Crippen LogP contribution in [0.3, 0.4) is 0 Å². The summed E-state index contributed by atoms with van der Waals surface area (Å²) in [6.45, 7) is 0. The summed E-state index contributed by atoms with van der Waals surface area (Å²) in [6.07, 6.45) is 7.43. The minimum absolute atomic E-state index is 0.317. The maximum Gasteiger partial charge on any atom is 0.340 e. The third-order valence-electron chi connectivity index (χ3n) is 3.66. The van der Waals surface area contributed by atoms with Gasteiger partial charge in [-0.2, -0.15) is 0 Å². The standard InChI is InChI=1S/C15H19Br2NO2/c1-20-15(19)12-8-10(16)9-13(17)14(12)18-11-6-4-2-3-5-7-11/h8-9,11,18H,2-7H2,1H3. The summed E-state index contributed by atoms with van der Waals surface area (Å²) in [5.74, 6) is -0.317. The van der Waals surface area contributed by atoms with Crippen LogP contribution in [0.5, 0.6) is 0 Å². The molecule has 5 heteroatoms. The molecule has 0 bridgehead atoms. The molecule has 110 valence electrons. The number of nitrogens with one attached hydrogen (secondary N) is 1. The van der Waals surface area contributed by atoms with Crippen molar-refractivity contribution in [3.63, 3.8) is 0 Å². The van der Waals surface area contributed by atoms with Crippen molar-refractivity contribution < 1.29 is 9.53 Å². The summed E-state index contributed by atoms with van der Waals surface area (Å²) >= 11 is 6.96. The Morgan fingerprint density at radius 3 is 2.45 bits per heavy atom. The molecule has 0 amide bonds. The van der Waals surface area contributed by atoms with Gasteiger partial charge in [-0.05, 0) is 40.9 Å². The van der Waals surface area contributed by atoms with Crippen molar-refractivity contribution in [2.45, 2.75) is 44.6 Å². The molecule has 0 aliphatic heterocycles. The average Bonchev–Trinajstić information content (AvgIpc) is 2.69. The molecule has 1 saturated carbocycles. The lowest BCUT2D eigenvalue weighted by Crippen LogP contribution is -2.21.